The van der Waals surface area contributed by atoms with Gasteiger partial charge in [-0.2, -0.15) is 5.10 Å². The van der Waals surface area contributed by atoms with Crippen LogP contribution in [0.5, 0.6) is 0 Å². The van der Waals surface area contributed by atoms with Gasteiger partial charge in [-0.3, -0.25) is 9.48 Å². The Hall–Kier alpha value is -1.36. The van der Waals surface area contributed by atoms with E-state index in [1.54, 1.807) is 23.0 Å². The second-order valence-corrected chi connectivity index (χ2v) is 4.25. The molecule has 0 amide bonds. The molecule has 0 spiro atoms. The van der Waals surface area contributed by atoms with Crippen molar-refractivity contribution < 1.29 is 9.21 Å². The number of hydrogen-bond donors (Lipinski definition) is 0. The molecule has 0 aliphatic heterocycles. The molecule has 16 heavy (non-hydrogen) atoms. The molecule has 0 aromatic carbocycles. The molecule has 2 rings (SSSR count). The van der Waals surface area contributed by atoms with Crippen LogP contribution < -0.4 is 0 Å². The van der Waals surface area contributed by atoms with Gasteiger partial charge in [-0.05, 0) is 41.9 Å². The summed E-state index contributed by atoms with van der Waals surface area (Å²) in [5, 5.41) is 4.09. The summed E-state index contributed by atoms with van der Waals surface area (Å²) >= 11 is 3.32. The molecule has 0 atom stereocenters. The van der Waals surface area contributed by atoms with E-state index in [1.807, 2.05) is 13.8 Å². The summed E-state index contributed by atoms with van der Waals surface area (Å²) in [6.07, 6.45) is 1.62. The van der Waals surface area contributed by atoms with Gasteiger partial charge >= 0.3 is 0 Å². The van der Waals surface area contributed by atoms with E-state index in [9.17, 15) is 4.79 Å². The van der Waals surface area contributed by atoms with Crippen molar-refractivity contribution in [1.29, 1.82) is 0 Å². The number of carbonyl (C=O) groups excluding carboxylic acids is 1. The number of ketones is 1. The molecule has 84 valence electrons. The lowest BCUT2D eigenvalue weighted by Gasteiger charge is -2.02. The molecular formula is C11H11BrN2O2. The van der Waals surface area contributed by atoms with Crippen molar-refractivity contribution >= 4 is 21.7 Å². The van der Waals surface area contributed by atoms with Crippen LogP contribution in [0.3, 0.4) is 0 Å². The van der Waals surface area contributed by atoms with E-state index in [-0.39, 0.29) is 5.78 Å². The normalized spacial score (nSPS) is 10.7. The van der Waals surface area contributed by atoms with Crippen molar-refractivity contribution in [2.24, 2.45) is 0 Å². The van der Waals surface area contributed by atoms with Gasteiger partial charge in [0.25, 0.3) is 0 Å². The third kappa shape index (κ3) is 1.82. The molecule has 2 aromatic rings. The fraction of sp³-hybridized carbons (Fsp3) is 0.273. The van der Waals surface area contributed by atoms with E-state index in [0.717, 1.165) is 5.76 Å². The first-order valence-electron chi connectivity index (χ1n) is 4.96. The maximum Gasteiger partial charge on any atom is 0.247 e. The SMILES string of the molecule is CCn1ncc(Br)c1C(=O)c1ccc(C)o1. The fourth-order valence-electron chi connectivity index (χ4n) is 1.50. The van der Waals surface area contributed by atoms with E-state index < -0.39 is 0 Å². The summed E-state index contributed by atoms with van der Waals surface area (Å²) in [7, 11) is 0. The third-order valence-electron chi connectivity index (χ3n) is 2.27. The maximum atomic E-state index is 12.1. The number of nitrogens with zero attached hydrogens (tertiary/aromatic N) is 2. The Labute approximate surface area is 101 Å². The van der Waals surface area contributed by atoms with Crippen LogP contribution >= 0.6 is 15.9 Å². The topological polar surface area (TPSA) is 48.0 Å². The first kappa shape index (κ1) is 11.1. The number of hydrogen-bond acceptors (Lipinski definition) is 3. The molecule has 0 bridgehead atoms. The summed E-state index contributed by atoms with van der Waals surface area (Å²) in [4.78, 5) is 12.1. The Morgan fingerprint density at radius 1 is 1.56 bits per heavy atom. The first-order chi connectivity index (χ1) is 7.63. The lowest BCUT2D eigenvalue weighted by Crippen LogP contribution is -2.10. The molecule has 0 saturated carbocycles. The lowest BCUT2D eigenvalue weighted by molar-refractivity contribution is 0.0997. The van der Waals surface area contributed by atoms with Gasteiger partial charge in [0.15, 0.2) is 5.76 Å². The zero-order valence-electron chi connectivity index (χ0n) is 9.03. The first-order valence-corrected chi connectivity index (χ1v) is 5.75. The van der Waals surface area contributed by atoms with Crippen molar-refractivity contribution in [2.45, 2.75) is 20.4 Å². The summed E-state index contributed by atoms with van der Waals surface area (Å²) < 4.78 is 7.64. The highest BCUT2D eigenvalue weighted by Gasteiger charge is 2.20. The minimum atomic E-state index is -0.153. The standard InChI is InChI=1S/C11H11BrN2O2/c1-3-14-10(8(12)6-13-14)11(15)9-5-4-7(2)16-9/h4-6H,3H2,1-2H3. The molecule has 4 nitrogen and oxygen atoms in total. The monoisotopic (exact) mass is 282 g/mol. The third-order valence-corrected chi connectivity index (χ3v) is 2.85. The number of halogens is 1. The van der Waals surface area contributed by atoms with Gasteiger partial charge in [0.1, 0.15) is 11.5 Å². The number of carbonyl (C=O) groups is 1. The summed E-state index contributed by atoms with van der Waals surface area (Å²) in [5.41, 5.74) is 0.525. The highest BCUT2D eigenvalue weighted by Crippen LogP contribution is 2.20. The van der Waals surface area contributed by atoms with E-state index in [2.05, 4.69) is 21.0 Å². The largest absolute Gasteiger partial charge is 0.458 e. The van der Waals surface area contributed by atoms with Gasteiger partial charge in [-0.25, -0.2) is 0 Å². The van der Waals surface area contributed by atoms with Crippen molar-refractivity contribution in [1.82, 2.24) is 9.78 Å². The molecular weight excluding hydrogens is 272 g/mol. The van der Waals surface area contributed by atoms with Crippen LogP contribution in [-0.2, 0) is 6.54 Å². The average molecular weight is 283 g/mol. The maximum absolute atomic E-state index is 12.1. The number of rotatable bonds is 3. The van der Waals surface area contributed by atoms with Crippen LogP contribution in [0.2, 0.25) is 0 Å². The zero-order chi connectivity index (χ0) is 11.7. The summed E-state index contributed by atoms with van der Waals surface area (Å²) in [6.45, 7) is 4.39. The summed E-state index contributed by atoms with van der Waals surface area (Å²) in [6, 6.07) is 3.45. The Balaban J connectivity index is 2.44. The van der Waals surface area contributed by atoms with Gasteiger partial charge in [0, 0.05) is 6.54 Å². The van der Waals surface area contributed by atoms with Crippen LogP contribution in [0.25, 0.3) is 0 Å². The van der Waals surface area contributed by atoms with Gasteiger partial charge in [-0.1, -0.05) is 0 Å². The Morgan fingerprint density at radius 3 is 2.88 bits per heavy atom. The molecule has 0 N–H and O–H groups in total. The predicted octanol–water partition coefficient (Wildman–Crippen LogP) is 2.80. The van der Waals surface area contributed by atoms with E-state index in [1.165, 1.54) is 0 Å². The van der Waals surface area contributed by atoms with Crippen molar-refractivity contribution in [2.75, 3.05) is 0 Å². The highest BCUT2D eigenvalue weighted by molar-refractivity contribution is 9.10. The zero-order valence-corrected chi connectivity index (χ0v) is 10.6. The quantitative estimate of drug-likeness (QED) is 0.814. The fourth-order valence-corrected chi connectivity index (χ4v) is 1.98. The minimum absolute atomic E-state index is 0.153. The second-order valence-electron chi connectivity index (χ2n) is 3.40. The number of aryl methyl sites for hydroxylation is 2. The minimum Gasteiger partial charge on any atom is -0.458 e. The van der Waals surface area contributed by atoms with Crippen LogP contribution in [0.15, 0.2) is 27.2 Å². The molecule has 5 heteroatoms. The van der Waals surface area contributed by atoms with Crippen molar-refractivity contribution in [3.05, 3.63) is 40.0 Å². The smallest absolute Gasteiger partial charge is 0.247 e. The van der Waals surface area contributed by atoms with Gasteiger partial charge in [-0.15, -0.1) is 0 Å². The van der Waals surface area contributed by atoms with Crippen molar-refractivity contribution in [3.63, 3.8) is 0 Å². The Morgan fingerprint density at radius 2 is 2.31 bits per heavy atom. The average Bonchev–Trinajstić information content (AvgIpc) is 2.83. The van der Waals surface area contributed by atoms with Gasteiger partial charge in [0.2, 0.25) is 5.78 Å². The van der Waals surface area contributed by atoms with Crippen LogP contribution in [-0.4, -0.2) is 15.6 Å². The molecule has 0 aliphatic carbocycles. The molecule has 0 radical (unpaired) electrons. The Bertz CT molecular complexity index is 528. The Kier molecular flexibility index (Phi) is 2.96. The van der Waals surface area contributed by atoms with Gasteiger partial charge < -0.3 is 4.42 Å². The number of furan rings is 1. The highest BCUT2D eigenvalue weighted by atomic mass is 79.9. The molecule has 2 aromatic heterocycles. The lowest BCUT2D eigenvalue weighted by atomic mass is 10.2. The molecule has 0 fully saturated rings. The van der Waals surface area contributed by atoms with Crippen molar-refractivity contribution in [3.8, 4) is 0 Å². The second kappa shape index (κ2) is 4.25. The van der Waals surface area contributed by atoms with Crippen LogP contribution in [0.4, 0.5) is 0 Å². The predicted molar refractivity (Wildman–Crippen MR) is 62.5 cm³/mol. The van der Waals surface area contributed by atoms with E-state index >= 15 is 0 Å². The van der Waals surface area contributed by atoms with E-state index in [0.29, 0.717) is 22.5 Å². The molecule has 0 unspecified atom stereocenters. The summed E-state index contributed by atoms with van der Waals surface area (Å²) in [5.74, 6) is 0.912. The van der Waals surface area contributed by atoms with Crippen LogP contribution in [0.1, 0.15) is 28.9 Å². The number of aromatic nitrogens is 2. The van der Waals surface area contributed by atoms with Gasteiger partial charge in [0.05, 0.1) is 10.7 Å². The molecule has 0 aliphatic rings. The molecule has 0 saturated heterocycles. The molecule has 2 heterocycles. The van der Waals surface area contributed by atoms with Crippen LogP contribution in [0, 0.1) is 6.92 Å². The van der Waals surface area contributed by atoms with E-state index in [4.69, 9.17) is 4.42 Å².